The van der Waals surface area contributed by atoms with Crippen LogP contribution in [0, 0.1) is 0 Å². The van der Waals surface area contributed by atoms with E-state index in [1.54, 1.807) is 19.0 Å². The molecule has 0 spiro atoms. The van der Waals surface area contributed by atoms with E-state index in [9.17, 15) is 50.8 Å². The highest BCUT2D eigenvalue weighted by molar-refractivity contribution is 5.95. The van der Waals surface area contributed by atoms with E-state index in [2.05, 4.69) is 0 Å². The first kappa shape index (κ1) is 24.6. The van der Waals surface area contributed by atoms with Crippen molar-refractivity contribution in [3.05, 3.63) is 28.3 Å². The molecule has 0 bridgehead atoms. The highest BCUT2D eigenvalue weighted by Crippen LogP contribution is 2.60. The number of phenols is 7. The molecule has 0 unspecified atom stereocenters. The molecule has 0 saturated heterocycles. The smallest absolute Gasteiger partial charge is 0.356 e. The highest BCUT2D eigenvalue weighted by atomic mass is 16.8. The Bertz CT molecular complexity index is 1220. The summed E-state index contributed by atoms with van der Waals surface area (Å²) in [6.07, 6.45) is 0.471. The van der Waals surface area contributed by atoms with Gasteiger partial charge in [0.15, 0.2) is 23.0 Å². The third kappa shape index (κ3) is 3.81. The molecule has 2 aromatic carbocycles. The lowest BCUT2D eigenvalue weighted by molar-refractivity contribution is -0.304. The number of fused-ring (bicyclic) bond motifs is 2. The van der Waals surface area contributed by atoms with Crippen LogP contribution < -0.4 is 4.74 Å². The molecule has 0 aliphatic carbocycles. The second-order valence-electron chi connectivity index (χ2n) is 7.86. The van der Waals surface area contributed by atoms with E-state index in [0.29, 0.717) is 6.54 Å². The van der Waals surface area contributed by atoms with E-state index >= 15 is 0 Å². The van der Waals surface area contributed by atoms with E-state index in [1.165, 1.54) is 6.08 Å². The molecule has 0 atom stereocenters. The lowest BCUT2D eigenvalue weighted by atomic mass is 9.88. The number of rotatable bonds is 5. The largest absolute Gasteiger partial charge is 0.507 e. The molecule has 0 fully saturated rings. The number of phenolic OH excluding ortho intramolecular Hbond substituents is 7. The summed E-state index contributed by atoms with van der Waals surface area (Å²) in [5, 5.41) is 103. The van der Waals surface area contributed by atoms with Gasteiger partial charge in [0.1, 0.15) is 11.3 Å². The normalized spacial score (nSPS) is 15.5. The van der Waals surface area contributed by atoms with Gasteiger partial charge in [0.05, 0.1) is 17.5 Å². The molecule has 1 heterocycles. The fourth-order valence-electron chi connectivity index (χ4n) is 3.67. The average molecular weight is 481 g/mol. The summed E-state index contributed by atoms with van der Waals surface area (Å²) in [5.74, 6) is -14.4. The fraction of sp³-hybridized carbons (Fsp3) is 0.286. The van der Waals surface area contributed by atoms with Gasteiger partial charge < -0.3 is 60.7 Å². The zero-order valence-electron chi connectivity index (χ0n) is 17.9. The van der Waals surface area contributed by atoms with Gasteiger partial charge in [0.25, 0.3) is 0 Å². The second-order valence-corrected chi connectivity index (χ2v) is 7.86. The van der Waals surface area contributed by atoms with E-state index in [4.69, 9.17) is 9.84 Å². The first-order valence-electron chi connectivity index (χ1n) is 9.71. The minimum atomic E-state index is -3.60. The van der Waals surface area contributed by atoms with Crippen LogP contribution in [0.4, 0.5) is 0 Å². The Labute approximate surface area is 191 Å². The lowest BCUT2D eigenvalue weighted by Gasteiger charge is -2.25. The van der Waals surface area contributed by atoms with Crippen LogP contribution in [0.15, 0.2) is 6.08 Å². The number of nitrogens with zero attached hydrogens (tertiary/aromatic N) is 1. The number of ether oxygens (including phenoxy) is 1. The number of aliphatic hydroxyl groups is 2. The Hall–Kier alpha value is -4.07. The molecule has 1 aliphatic heterocycles. The Morgan fingerprint density at radius 1 is 0.853 bits per heavy atom. The summed E-state index contributed by atoms with van der Waals surface area (Å²) in [7, 11) is 3.45. The molecule has 0 radical (unpaired) electrons. The summed E-state index contributed by atoms with van der Waals surface area (Å²) in [4.78, 5) is 13.0. The van der Waals surface area contributed by atoms with Crippen LogP contribution in [-0.2, 0) is 17.2 Å². The average Bonchev–Trinajstić information content (AvgIpc) is 2.84. The SMILES string of the molecule is CN(C)CCC=C1c2c(O)c(CC(=O)O)c(O)c(O)c2OC(O)(O)c2c(O)c(O)c(O)c(O)c21. The lowest BCUT2D eigenvalue weighted by Crippen LogP contribution is -2.32. The van der Waals surface area contributed by atoms with Crippen LogP contribution in [-0.4, -0.2) is 82.6 Å². The van der Waals surface area contributed by atoms with E-state index < -0.39 is 86.6 Å². The molecule has 0 aromatic heterocycles. The number of carboxylic acid groups (broad SMARTS) is 1. The van der Waals surface area contributed by atoms with Crippen molar-refractivity contribution in [2.75, 3.05) is 20.6 Å². The van der Waals surface area contributed by atoms with Crippen LogP contribution in [0.2, 0.25) is 0 Å². The van der Waals surface area contributed by atoms with Crippen molar-refractivity contribution in [1.29, 1.82) is 0 Å². The van der Waals surface area contributed by atoms with Crippen LogP contribution >= 0.6 is 0 Å². The molecule has 184 valence electrons. The summed E-state index contributed by atoms with van der Waals surface area (Å²) in [5.41, 5.74) is -3.37. The number of aromatic hydroxyl groups is 7. The van der Waals surface area contributed by atoms with E-state index in [1.807, 2.05) is 0 Å². The van der Waals surface area contributed by atoms with Gasteiger partial charge in [-0.25, -0.2) is 0 Å². The summed E-state index contributed by atoms with van der Waals surface area (Å²) < 4.78 is 4.99. The molecule has 34 heavy (non-hydrogen) atoms. The van der Waals surface area contributed by atoms with Gasteiger partial charge in [-0.3, -0.25) is 4.79 Å². The van der Waals surface area contributed by atoms with Crippen molar-refractivity contribution in [1.82, 2.24) is 4.90 Å². The van der Waals surface area contributed by atoms with Crippen molar-refractivity contribution in [2.45, 2.75) is 18.8 Å². The van der Waals surface area contributed by atoms with Gasteiger partial charge in [-0.2, -0.15) is 0 Å². The Morgan fingerprint density at radius 3 is 2.00 bits per heavy atom. The molecule has 2 aromatic rings. The maximum atomic E-state index is 11.3. The van der Waals surface area contributed by atoms with Gasteiger partial charge in [-0.1, -0.05) is 6.08 Å². The summed E-state index contributed by atoms with van der Waals surface area (Å²) in [6.45, 7) is 0.363. The third-order valence-electron chi connectivity index (χ3n) is 5.23. The molecule has 0 amide bonds. The van der Waals surface area contributed by atoms with Crippen molar-refractivity contribution < 1.29 is 60.6 Å². The zero-order valence-corrected chi connectivity index (χ0v) is 17.9. The fourth-order valence-corrected chi connectivity index (χ4v) is 3.67. The number of hydrogen-bond donors (Lipinski definition) is 10. The second kappa shape index (κ2) is 8.37. The Kier molecular flexibility index (Phi) is 6.05. The predicted octanol–water partition coefficient (Wildman–Crippen LogP) is 0.124. The van der Waals surface area contributed by atoms with Crippen molar-refractivity contribution >= 4 is 11.5 Å². The van der Waals surface area contributed by atoms with Crippen LogP contribution in [0.5, 0.6) is 46.0 Å². The van der Waals surface area contributed by atoms with Gasteiger partial charge in [-0.15, -0.1) is 0 Å². The molecule has 13 heteroatoms. The topological polar surface area (TPSA) is 232 Å². The molecule has 0 saturated carbocycles. The van der Waals surface area contributed by atoms with E-state index in [0.717, 1.165) is 0 Å². The van der Waals surface area contributed by atoms with Crippen LogP contribution in [0.25, 0.3) is 5.57 Å². The predicted molar refractivity (Wildman–Crippen MR) is 113 cm³/mol. The molecular formula is C21H23NO12. The zero-order chi connectivity index (χ0) is 25.7. The Balaban J connectivity index is 2.54. The minimum Gasteiger partial charge on any atom is -0.507 e. The monoisotopic (exact) mass is 481 g/mol. The molecule has 1 aliphatic rings. The maximum absolute atomic E-state index is 11.3. The van der Waals surface area contributed by atoms with Gasteiger partial charge in [0, 0.05) is 12.1 Å². The number of carbonyl (C=O) groups is 1. The molecule has 3 rings (SSSR count). The first-order valence-corrected chi connectivity index (χ1v) is 9.71. The quantitative estimate of drug-likeness (QED) is 0.155. The number of hydrogen-bond acceptors (Lipinski definition) is 12. The van der Waals surface area contributed by atoms with Gasteiger partial charge in [0.2, 0.25) is 17.2 Å². The molecule has 13 nitrogen and oxygen atoms in total. The number of aliphatic carboxylic acids is 1. The number of benzene rings is 2. The first-order chi connectivity index (χ1) is 15.7. The standard InChI is InChI=1S/C21H23NO12/c1-22(2)5-3-4-7-10-12(16(28)18(30)17(29)15(10)27)21(32,33)34-20-11(7)13(25)8(6-9(23)24)14(26)19(20)31/h4,25-33H,3,5-6H2,1-2H3,(H,23,24). The van der Waals surface area contributed by atoms with Crippen molar-refractivity contribution in [2.24, 2.45) is 0 Å². The molecule has 10 N–H and O–H groups in total. The van der Waals surface area contributed by atoms with Gasteiger partial charge in [-0.05, 0) is 26.1 Å². The Morgan fingerprint density at radius 2 is 1.44 bits per heavy atom. The van der Waals surface area contributed by atoms with Gasteiger partial charge >= 0.3 is 11.9 Å². The van der Waals surface area contributed by atoms with Crippen molar-refractivity contribution in [3.8, 4) is 46.0 Å². The van der Waals surface area contributed by atoms with Crippen molar-refractivity contribution in [3.63, 3.8) is 0 Å². The summed E-state index contributed by atoms with van der Waals surface area (Å²) >= 11 is 0. The minimum absolute atomic E-state index is 0.141. The van der Waals surface area contributed by atoms with Crippen LogP contribution in [0.1, 0.15) is 28.7 Å². The van der Waals surface area contributed by atoms with E-state index in [-0.39, 0.29) is 12.0 Å². The molecular weight excluding hydrogens is 458 g/mol. The maximum Gasteiger partial charge on any atom is 0.356 e. The summed E-state index contributed by atoms with van der Waals surface area (Å²) in [6, 6.07) is 0. The third-order valence-corrected chi connectivity index (χ3v) is 5.23. The van der Waals surface area contributed by atoms with Crippen LogP contribution in [0.3, 0.4) is 0 Å². The number of carboxylic acids is 1. The highest BCUT2D eigenvalue weighted by Gasteiger charge is 2.46.